The van der Waals surface area contributed by atoms with Crippen LogP contribution in [0, 0.1) is 12.8 Å². The summed E-state index contributed by atoms with van der Waals surface area (Å²) in [5.41, 5.74) is 3.68. The maximum atomic E-state index is 5.28. The number of aromatic nitrogens is 2. The molecular weight excluding hydrogens is 316 g/mol. The number of rotatable bonds is 6. The van der Waals surface area contributed by atoms with E-state index in [2.05, 4.69) is 39.2 Å². The Morgan fingerprint density at radius 1 is 1.30 bits per heavy atom. The van der Waals surface area contributed by atoms with Gasteiger partial charge in [0, 0.05) is 18.1 Å². The molecule has 2 aromatic rings. The van der Waals surface area contributed by atoms with Crippen LogP contribution in [0.25, 0.3) is 0 Å². The Morgan fingerprint density at radius 3 is 2.70 bits per heavy atom. The highest BCUT2D eigenvalue weighted by atomic mass is 79.9. The zero-order valence-electron chi connectivity index (χ0n) is 12.3. The summed E-state index contributed by atoms with van der Waals surface area (Å²) in [4.78, 5) is 0. The molecule has 0 aliphatic heterocycles. The van der Waals surface area contributed by atoms with Gasteiger partial charge in [-0.3, -0.25) is 4.68 Å². The Bertz CT molecular complexity index is 565. The average molecular weight is 337 g/mol. The molecule has 1 atom stereocenters. The van der Waals surface area contributed by atoms with E-state index in [1.54, 1.807) is 7.11 Å². The van der Waals surface area contributed by atoms with Crippen LogP contribution in [0.2, 0.25) is 0 Å². The van der Waals surface area contributed by atoms with Crippen LogP contribution in [0.5, 0.6) is 5.75 Å². The molecule has 1 aromatic carbocycles. The number of hydrogen-bond acceptors (Lipinski definition) is 2. The van der Waals surface area contributed by atoms with Crippen LogP contribution in [-0.2, 0) is 19.9 Å². The van der Waals surface area contributed by atoms with Gasteiger partial charge in [0.15, 0.2) is 0 Å². The summed E-state index contributed by atoms with van der Waals surface area (Å²) < 4.78 is 7.27. The van der Waals surface area contributed by atoms with Crippen LogP contribution in [0.3, 0.4) is 0 Å². The van der Waals surface area contributed by atoms with Crippen molar-refractivity contribution < 1.29 is 4.74 Å². The fourth-order valence-electron chi connectivity index (χ4n) is 2.47. The molecule has 1 heterocycles. The van der Waals surface area contributed by atoms with E-state index < -0.39 is 0 Å². The van der Waals surface area contributed by atoms with Crippen LogP contribution in [0.4, 0.5) is 0 Å². The summed E-state index contributed by atoms with van der Waals surface area (Å²) in [5, 5.41) is 5.39. The predicted octanol–water partition coefficient (Wildman–Crippen LogP) is 3.53. The number of nitrogens with zero attached hydrogens (tertiary/aromatic N) is 2. The van der Waals surface area contributed by atoms with Gasteiger partial charge in [0.1, 0.15) is 5.75 Å². The van der Waals surface area contributed by atoms with Gasteiger partial charge in [-0.2, -0.15) is 5.10 Å². The number of halogens is 1. The highest BCUT2D eigenvalue weighted by Crippen LogP contribution is 2.20. The van der Waals surface area contributed by atoms with Crippen LogP contribution < -0.4 is 4.74 Å². The van der Waals surface area contributed by atoms with E-state index in [4.69, 9.17) is 4.74 Å². The van der Waals surface area contributed by atoms with E-state index >= 15 is 0 Å². The minimum absolute atomic E-state index is 0.553. The van der Waals surface area contributed by atoms with Gasteiger partial charge in [0.25, 0.3) is 0 Å². The summed E-state index contributed by atoms with van der Waals surface area (Å²) in [5.74, 6) is 1.48. The van der Waals surface area contributed by atoms with Crippen molar-refractivity contribution in [3.8, 4) is 5.75 Å². The van der Waals surface area contributed by atoms with Crippen molar-refractivity contribution in [2.45, 2.75) is 19.8 Å². The molecule has 1 unspecified atom stereocenters. The minimum atomic E-state index is 0.553. The number of methoxy groups -OCH3 is 1. The van der Waals surface area contributed by atoms with Crippen molar-refractivity contribution in [2.75, 3.05) is 12.4 Å². The Morgan fingerprint density at radius 2 is 2.10 bits per heavy atom. The van der Waals surface area contributed by atoms with E-state index in [9.17, 15) is 0 Å². The molecule has 0 fully saturated rings. The maximum Gasteiger partial charge on any atom is 0.119 e. The molecule has 0 aliphatic rings. The van der Waals surface area contributed by atoms with Crippen molar-refractivity contribution in [3.05, 3.63) is 47.3 Å². The minimum Gasteiger partial charge on any atom is -0.497 e. The number of ether oxygens (including phenoxy) is 1. The molecule has 4 heteroatoms. The van der Waals surface area contributed by atoms with E-state index in [1.807, 2.05) is 30.8 Å². The van der Waals surface area contributed by atoms with Gasteiger partial charge in [0.05, 0.1) is 12.8 Å². The van der Waals surface area contributed by atoms with Crippen molar-refractivity contribution in [1.82, 2.24) is 9.78 Å². The fourth-order valence-corrected chi connectivity index (χ4v) is 2.92. The summed E-state index contributed by atoms with van der Waals surface area (Å²) >= 11 is 3.64. The lowest BCUT2D eigenvalue weighted by Crippen LogP contribution is -2.12. The lowest BCUT2D eigenvalue weighted by atomic mass is 9.96. The molecule has 3 nitrogen and oxygen atoms in total. The lowest BCUT2D eigenvalue weighted by molar-refractivity contribution is 0.414. The van der Waals surface area contributed by atoms with Gasteiger partial charge < -0.3 is 4.74 Å². The second-order valence-electron chi connectivity index (χ2n) is 5.18. The Hall–Kier alpha value is -1.29. The maximum absolute atomic E-state index is 5.28. The molecular formula is C16H21BrN2O. The third kappa shape index (κ3) is 3.85. The first-order chi connectivity index (χ1) is 9.62. The molecule has 20 heavy (non-hydrogen) atoms. The Balaban J connectivity index is 2.06. The highest BCUT2D eigenvalue weighted by Gasteiger charge is 2.13. The Kier molecular flexibility index (Phi) is 5.24. The molecule has 2 rings (SSSR count). The standard InChI is InChI=1S/C16H21BrN2O/c1-12-7-15(19(2)18-12)9-14(11-17)8-13-5-4-6-16(10-13)20-3/h4-7,10,14H,8-9,11H2,1-3H3. The van der Waals surface area contributed by atoms with Gasteiger partial charge in [-0.1, -0.05) is 28.1 Å². The number of aryl methyl sites for hydroxylation is 2. The third-order valence-electron chi connectivity index (χ3n) is 3.47. The summed E-state index contributed by atoms with van der Waals surface area (Å²) in [6.07, 6.45) is 2.06. The van der Waals surface area contributed by atoms with E-state index in [1.165, 1.54) is 11.3 Å². The van der Waals surface area contributed by atoms with Crippen LogP contribution >= 0.6 is 15.9 Å². The zero-order chi connectivity index (χ0) is 14.5. The number of hydrogen-bond donors (Lipinski definition) is 0. The van der Waals surface area contributed by atoms with Gasteiger partial charge in [-0.25, -0.2) is 0 Å². The van der Waals surface area contributed by atoms with Gasteiger partial charge in [-0.05, 0) is 49.4 Å². The summed E-state index contributed by atoms with van der Waals surface area (Å²) in [6.45, 7) is 2.04. The van der Waals surface area contributed by atoms with Gasteiger partial charge in [0.2, 0.25) is 0 Å². The number of benzene rings is 1. The molecule has 0 saturated heterocycles. The van der Waals surface area contributed by atoms with Crippen molar-refractivity contribution in [2.24, 2.45) is 13.0 Å². The molecule has 0 N–H and O–H groups in total. The van der Waals surface area contributed by atoms with Crippen molar-refractivity contribution in [3.63, 3.8) is 0 Å². The molecule has 0 amide bonds. The molecule has 0 bridgehead atoms. The molecule has 0 radical (unpaired) electrons. The van der Waals surface area contributed by atoms with E-state index in [0.717, 1.165) is 29.6 Å². The monoisotopic (exact) mass is 336 g/mol. The fraction of sp³-hybridized carbons (Fsp3) is 0.438. The molecule has 1 aromatic heterocycles. The normalized spacial score (nSPS) is 12.4. The first-order valence-electron chi connectivity index (χ1n) is 6.80. The SMILES string of the molecule is COc1cccc(CC(CBr)Cc2cc(C)nn2C)c1. The second kappa shape index (κ2) is 6.93. The Labute approximate surface area is 129 Å². The quantitative estimate of drug-likeness (QED) is 0.754. The lowest BCUT2D eigenvalue weighted by Gasteiger charge is -2.14. The topological polar surface area (TPSA) is 27.1 Å². The largest absolute Gasteiger partial charge is 0.497 e. The molecule has 0 saturated carbocycles. The van der Waals surface area contributed by atoms with E-state index in [0.29, 0.717) is 5.92 Å². The predicted molar refractivity (Wildman–Crippen MR) is 85.6 cm³/mol. The second-order valence-corrected chi connectivity index (χ2v) is 5.83. The zero-order valence-corrected chi connectivity index (χ0v) is 13.9. The van der Waals surface area contributed by atoms with Crippen molar-refractivity contribution >= 4 is 15.9 Å². The average Bonchev–Trinajstić information content (AvgIpc) is 2.76. The first kappa shape index (κ1) is 15.1. The first-order valence-corrected chi connectivity index (χ1v) is 7.93. The van der Waals surface area contributed by atoms with Crippen LogP contribution in [-0.4, -0.2) is 22.2 Å². The summed E-state index contributed by atoms with van der Waals surface area (Å²) in [6, 6.07) is 10.5. The summed E-state index contributed by atoms with van der Waals surface area (Å²) in [7, 11) is 3.72. The van der Waals surface area contributed by atoms with Crippen LogP contribution in [0.15, 0.2) is 30.3 Å². The van der Waals surface area contributed by atoms with Gasteiger partial charge in [-0.15, -0.1) is 0 Å². The van der Waals surface area contributed by atoms with E-state index in [-0.39, 0.29) is 0 Å². The third-order valence-corrected chi connectivity index (χ3v) is 4.39. The van der Waals surface area contributed by atoms with Crippen molar-refractivity contribution in [1.29, 1.82) is 0 Å². The smallest absolute Gasteiger partial charge is 0.119 e. The molecule has 0 aliphatic carbocycles. The van der Waals surface area contributed by atoms with Crippen LogP contribution in [0.1, 0.15) is 17.0 Å². The molecule has 108 valence electrons. The molecule has 0 spiro atoms. The number of alkyl halides is 1. The van der Waals surface area contributed by atoms with Gasteiger partial charge >= 0.3 is 0 Å². The highest BCUT2D eigenvalue weighted by molar-refractivity contribution is 9.09.